The normalized spacial score (nSPS) is 15.3. The summed E-state index contributed by atoms with van der Waals surface area (Å²) in [6.45, 7) is 4.19. The Morgan fingerprint density at radius 2 is 1.91 bits per heavy atom. The number of aromatic hydroxyl groups is 1. The van der Waals surface area contributed by atoms with Crippen molar-refractivity contribution < 1.29 is 24.1 Å². The zero-order valence-corrected chi connectivity index (χ0v) is 20.8. The molecule has 10 nitrogen and oxygen atoms in total. The van der Waals surface area contributed by atoms with Crippen LogP contribution in [0.25, 0.3) is 0 Å². The van der Waals surface area contributed by atoms with Gasteiger partial charge in [-0.2, -0.15) is 5.10 Å². The van der Waals surface area contributed by atoms with Gasteiger partial charge in [0.25, 0.3) is 5.56 Å². The lowest BCUT2D eigenvalue weighted by Gasteiger charge is -2.24. The molecule has 0 saturated carbocycles. The van der Waals surface area contributed by atoms with Gasteiger partial charge in [0, 0.05) is 24.9 Å². The largest absolute Gasteiger partial charge is 0.494 e. The first-order valence-electron chi connectivity index (χ1n) is 11.1. The molecule has 0 bridgehead atoms. The number of amides is 1. The molecule has 0 spiro atoms. The highest BCUT2D eigenvalue weighted by molar-refractivity contribution is 7.71. The van der Waals surface area contributed by atoms with Crippen molar-refractivity contribution in [1.29, 1.82) is 0 Å². The summed E-state index contributed by atoms with van der Waals surface area (Å²) < 4.78 is 18.1. The highest BCUT2D eigenvalue weighted by Gasteiger charge is 2.37. The van der Waals surface area contributed by atoms with Gasteiger partial charge in [0.05, 0.1) is 33.1 Å². The number of hydrogen-bond acceptors (Lipinski definition) is 8. The van der Waals surface area contributed by atoms with E-state index in [0.717, 1.165) is 12.8 Å². The van der Waals surface area contributed by atoms with E-state index in [1.54, 1.807) is 19.1 Å². The second kappa shape index (κ2) is 10.7. The van der Waals surface area contributed by atoms with Crippen molar-refractivity contribution in [2.24, 2.45) is 5.10 Å². The van der Waals surface area contributed by atoms with Crippen molar-refractivity contribution in [3.05, 3.63) is 38.4 Å². The Hall–Kier alpha value is -3.34. The number of unbranched alkanes of at least 4 members (excludes halogenated alkanes) is 1. The maximum Gasteiger partial charge on any atom is 0.264 e. The van der Waals surface area contributed by atoms with E-state index < -0.39 is 11.6 Å². The maximum atomic E-state index is 12.8. The van der Waals surface area contributed by atoms with Gasteiger partial charge < -0.3 is 19.3 Å². The monoisotopic (exact) mass is 490 g/mol. The standard InChI is InChI=1S/C23H30N4O6S/c1-6-8-11-26-22(30)18(21(29)24-23(26)34)14-12-15(27(25-14)17(28)7-2)13-9-10-16(31-3)20(33-5)19(13)32-4/h9-10,15,30H,6-8,11-12H2,1-5H3,(H,24,29,34)/t15-/m1/s1. The maximum absolute atomic E-state index is 12.8. The third-order valence-corrected chi connectivity index (χ3v) is 6.08. The van der Waals surface area contributed by atoms with E-state index in [9.17, 15) is 14.7 Å². The number of carbonyl (C=O) groups excluding carboxylic acids is 1. The van der Waals surface area contributed by atoms with Gasteiger partial charge in [-0.1, -0.05) is 20.3 Å². The predicted molar refractivity (Wildman–Crippen MR) is 130 cm³/mol. The number of hydrazone groups is 1. The van der Waals surface area contributed by atoms with Crippen molar-refractivity contribution >= 4 is 23.8 Å². The molecule has 0 saturated heterocycles. The number of rotatable bonds is 9. The molecule has 11 heteroatoms. The van der Waals surface area contributed by atoms with Crippen molar-refractivity contribution in [3.63, 3.8) is 0 Å². The van der Waals surface area contributed by atoms with E-state index in [0.29, 0.717) is 29.4 Å². The summed E-state index contributed by atoms with van der Waals surface area (Å²) in [5, 5.41) is 16.8. The van der Waals surface area contributed by atoms with Crippen LogP contribution in [-0.4, -0.2) is 52.6 Å². The Morgan fingerprint density at radius 3 is 2.50 bits per heavy atom. The summed E-state index contributed by atoms with van der Waals surface area (Å²) in [7, 11) is 4.52. The molecule has 0 unspecified atom stereocenters. The quantitative estimate of drug-likeness (QED) is 0.516. The number of benzene rings is 1. The van der Waals surface area contributed by atoms with Gasteiger partial charge in [-0.15, -0.1) is 0 Å². The Balaban J connectivity index is 2.15. The van der Waals surface area contributed by atoms with Crippen LogP contribution in [0.5, 0.6) is 23.1 Å². The summed E-state index contributed by atoms with van der Waals surface area (Å²) >= 11 is 5.24. The third-order valence-electron chi connectivity index (χ3n) is 5.76. The summed E-state index contributed by atoms with van der Waals surface area (Å²) in [6.07, 6.45) is 2.04. The zero-order chi connectivity index (χ0) is 25.0. The molecule has 1 aliphatic heterocycles. The number of ether oxygens (including phenoxy) is 3. The third kappa shape index (κ3) is 4.52. The first-order valence-corrected chi connectivity index (χ1v) is 11.5. The van der Waals surface area contributed by atoms with Crippen LogP contribution in [0.1, 0.15) is 56.7 Å². The molecular weight excluding hydrogens is 460 g/mol. The first kappa shape index (κ1) is 25.3. The number of hydrogen-bond donors (Lipinski definition) is 2. The van der Waals surface area contributed by atoms with Gasteiger partial charge in [0.1, 0.15) is 5.56 Å². The number of nitrogens with zero attached hydrogens (tertiary/aromatic N) is 3. The van der Waals surface area contributed by atoms with Crippen LogP contribution in [0.4, 0.5) is 0 Å². The molecular formula is C23H30N4O6S. The molecule has 34 heavy (non-hydrogen) atoms. The molecule has 0 fully saturated rings. The van der Waals surface area contributed by atoms with Crippen LogP contribution in [0, 0.1) is 4.77 Å². The summed E-state index contributed by atoms with van der Waals surface area (Å²) in [6, 6.07) is 2.92. The molecule has 1 amide bonds. The summed E-state index contributed by atoms with van der Waals surface area (Å²) in [5.74, 6) is 0.752. The van der Waals surface area contributed by atoms with Crippen LogP contribution in [-0.2, 0) is 11.3 Å². The van der Waals surface area contributed by atoms with Gasteiger partial charge in [-0.25, -0.2) is 5.01 Å². The second-order valence-electron chi connectivity index (χ2n) is 7.75. The lowest BCUT2D eigenvalue weighted by Crippen LogP contribution is -2.26. The van der Waals surface area contributed by atoms with Crippen molar-refractivity contribution in [3.8, 4) is 23.1 Å². The fraction of sp³-hybridized carbons (Fsp3) is 0.478. The molecule has 1 atom stereocenters. The molecule has 2 N–H and O–H groups in total. The molecule has 1 aromatic carbocycles. The molecule has 3 rings (SSSR count). The highest BCUT2D eigenvalue weighted by atomic mass is 32.1. The second-order valence-corrected chi connectivity index (χ2v) is 8.13. The minimum Gasteiger partial charge on any atom is -0.494 e. The Labute approximate surface area is 202 Å². The van der Waals surface area contributed by atoms with Crippen molar-refractivity contribution in [2.45, 2.75) is 52.1 Å². The van der Waals surface area contributed by atoms with Gasteiger partial charge in [-0.05, 0) is 30.8 Å². The first-order chi connectivity index (χ1) is 16.3. The van der Waals surface area contributed by atoms with Crippen LogP contribution >= 0.6 is 12.2 Å². The smallest absolute Gasteiger partial charge is 0.264 e. The number of carbonyl (C=O) groups is 1. The van der Waals surface area contributed by atoms with E-state index in [4.69, 9.17) is 26.4 Å². The summed E-state index contributed by atoms with van der Waals surface area (Å²) in [4.78, 5) is 28.3. The molecule has 0 radical (unpaired) electrons. The van der Waals surface area contributed by atoms with Gasteiger partial charge in [0.15, 0.2) is 16.3 Å². The number of nitrogens with one attached hydrogen (secondary N) is 1. The molecule has 1 aromatic heterocycles. The lowest BCUT2D eigenvalue weighted by molar-refractivity contribution is -0.132. The van der Waals surface area contributed by atoms with E-state index >= 15 is 0 Å². The van der Waals surface area contributed by atoms with Crippen LogP contribution in [0.2, 0.25) is 0 Å². The van der Waals surface area contributed by atoms with Crippen molar-refractivity contribution in [1.82, 2.24) is 14.6 Å². The average molecular weight is 491 g/mol. The molecule has 0 aliphatic carbocycles. The fourth-order valence-electron chi connectivity index (χ4n) is 4.03. The van der Waals surface area contributed by atoms with E-state index in [1.807, 2.05) is 6.92 Å². The van der Waals surface area contributed by atoms with Gasteiger partial charge in [-0.3, -0.25) is 19.1 Å². The van der Waals surface area contributed by atoms with Crippen molar-refractivity contribution in [2.75, 3.05) is 21.3 Å². The van der Waals surface area contributed by atoms with E-state index in [1.165, 1.54) is 30.9 Å². The fourth-order valence-corrected chi connectivity index (χ4v) is 4.30. The van der Waals surface area contributed by atoms with E-state index in [2.05, 4.69) is 10.1 Å². The van der Waals surface area contributed by atoms with Gasteiger partial charge >= 0.3 is 0 Å². The minimum absolute atomic E-state index is 0.000509. The van der Waals surface area contributed by atoms with Crippen LogP contribution < -0.4 is 19.8 Å². The van der Waals surface area contributed by atoms with Gasteiger partial charge in [0.2, 0.25) is 17.5 Å². The lowest BCUT2D eigenvalue weighted by atomic mass is 9.97. The molecule has 2 aromatic rings. The number of aromatic amines is 1. The zero-order valence-electron chi connectivity index (χ0n) is 20.0. The minimum atomic E-state index is -0.580. The van der Waals surface area contributed by atoms with Crippen LogP contribution in [0.3, 0.4) is 0 Å². The topological polar surface area (TPSA) is 118 Å². The van der Waals surface area contributed by atoms with Crippen LogP contribution in [0.15, 0.2) is 22.0 Å². The predicted octanol–water partition coefficient (Wildman–Crippen LogP) is 3.53. The molecule has 184 valence electrons. The Bertz CT molecular complexity index is 1220. The Kier molecular flexibility index (Phi) is 7.98. The Morgan fingerprint density at radius 1 is 1.21 bits per heavy atom. The SMILES string of the molecule is CCCCn1c(O)c(C2=NN(C(=O)CC)[C@@H](c3ccc(OC)c(OC)c3OC)C2)c(=O)[nH]c1=S. The van der Waals surface area contributed by atoms with E-state index in [-0.39, 0.29) is 40.7 Å². The average Bonchev–Trinajstić information content (AvgIpc) is 3.26. The number of H-pyrrole nitrogens is 1. The highest BCUT2D eigenvalue weighted by Crippen LogP contribution is 2.46. The summed E-state index contributed by atoms with van der Waals surface area (Å²) in [5.41, 5.74) is 0.358. The molecule has 2 heterocycles. The number of methoxy groups -OCH3 is 3. The molecule has 1 aliphatic rings. The number of aromatic nitrogens is 2.